The van der Waals surface area contributed by atoms with Crippen LogP contribution in [0.25, 0.3) is 108 Å². The third kappa shape index (κ3) is 5.85. The molecule has 17 rings (SSSR count). The van der Waals surface area contributed by atoms with Crippen molar-refractivity contribution in [2.45, 2.75) is 26.2 Å². The molecule has 2 aliphatic heterocycles. The van der Waals surface area contributed by atoms with Crippen molar-refractivity contribution in [3.63, 3.8) is 0 Å². The summed E-state index contributed by atoms with van der Waals surface area (Å²) in [6.07, 6.45) is 0. The largest absolute Gasteiger partial charge is 0.311 e. The number of rotatable bonds is 4. The van der Waals surface area contributed by atoms with Crippen LogP contribution in [0.1, 0.15) is 0 Å². The van der Waals surface area contributed by atoms with E-state index >= 15 is 0 Å². The van der Waals surface area contributed by atoms with Gasteiger partial charge < -0.3 is 9.80 Å². The van der Waals surface area contributed by atoms with Crippen LogP contribution < -0.4 is 30.5 Å². The zero-order valence-corrected chi connectivity index (χ0v) is 46.0. The minimum Gasteiger partial charge on any atom is -0.311 e. The SMILES string of the molecule is C[Si]1(C)c2ccccc2N(c2ccc3c(-c4ccc5ccc6cccc7ccc4c5c67)c4cc(N5c6ccccc6[Si](C)(C)c6ccccc65)ccc4c(-c4ccc5ccc6cccc7ccc4c5c67)c3c2)c2ccccc21. The summed E-state index contributed by atoms with van der Waals surface area (Å²) in [5, 5.41) is 26.3. The van der Waals surface area contributed by atoms with Gasteiger partial charge in [-0.25, -0.2) is 0 Å². The summed E-state index contributed by atoms with van der Waals surface area (Å²) in [5.41, 5.74) is 12.5. The Morgan fingerprint density at radius 3 is 0.897 bits per heavy atom. The zero-order valence-electron chi connectivity index (χ0n) is 44.0. The Hall–Kier alpha value is -9.07. The first kappa shape index (κ1) is 44.1. The fourth-order valence-electron chi connectivity index (χ4n) is 14.9. The summed E-state index contributed by atoms with van der Waals surface area (Å²) >= 11 is 0. The zero-order chi connectivity index (χ0) is 51.8. The Labute approximate surface area is 455 Å². The second-order valence-corrected chi connectivity index (χ2v) is 31.8. The molecule has 0 fully saturated rings. The number of para-hydroxylation sites is 4. The van der Waals surface area contributed by atoms with Crippen LogP contribution in [0.15, 0.2) is 243 Å². The highest BCUT2D eigenvalue weighted by molar-refractivity contribution is 7.03. The standard InChI is InChI=1S/C74H52N2Si2/c1-77(2)65-23-9-5-19-61(65)75(62-20-6-10-24-66(62)77)51-35-41-57-59(43-51)73(55-39-33-49-29-27-45-15-13-17-47-31-37-53(55)71(49)69(45)47)58-42-36-52(76-63-21-7-11-25-67(63)78(3,4)68-26-12-8-22-64(68)76)44-60(58)74(57)56-40-34-50-30-28-46-16-14-18-48-32-38-54(56)72(50)70(46)48/h5-44H,1-4H3. The van der Waals surface area contributed by atoms with Crippen molar-refractivity contribution in [1.82, 2.24) is 0 Å². The Kier molecular flexibility index (Phi) is 8.91. The predicted molar refractivity (Wildman–Crippen MR) is 343 cm³/mol. The molecule has 0 N–H and O–H groups in total. The number of nitrogens with zero attached hydrogens (tertiary/aromatic N) is 2. The lowest BCUT2D eigenvalue weighted by molar-refractivity contribution is 1.29. The molecule has 0 bridgehead atoms. The smallest absolute Gasteiger partial charge is 0.117 e. The molecule has 2 aliphatic rings. The summed E-state index contributed by atoms with van der Waals surface area (Å²) < 4.78 is 0. The quantitative estimate of drug-likeness (QED) is 0.0985. The molecule has 2 heterocycles. The topological polar surface area (TPSA) is 6.48 Å². The van der Waals surface area contributed by atoms with Gasteiger partial charge in [0.2, 0.25) is 0 Å². The van der Waals surface area contributed by atoms with E-state index in [1.54, 1.807) is 0 Å². The molecule has 15 aromatic carbocycles. The van der Waals surface area contributed by atoms with Crippen LogP contribution in [-0.2, 0) is 0 Å². The van der Waals surface area contributed by atoms with Crippen molar-refractivity contribution < 1.29 is 0 Å². The van der Waals surface area contributed by atoms with E-state index < -0.39 is 16.1 Å². The van der Waals surface area contributed by atoms with Gasteiger partial charge in [0.25, 0.3) is 0 Å². The molecule has 0 unspecified atom stereocenters. The molecule has 2 nitrogen and oxygen atoms in total. The molecule has 0 saturated heterocycles. The van der Waals surface area contributed by atoms with Gasteiger partial charge in [-0.2, -0.15) is 0 Å². The van der Waals surface area contributed by atoms with Gasteiger partial charge in [0.1, 0.15) is 16.1 Å². The monoisotopic (exact) mass is 1020 g/mol. The molecule has 78 heavy (non-hydrogen) atoms. The van der Waals surface area contributed by atoms with Crippen LogP contribution in [0.5, 0.6) is 0 Å². The molecule has 15 aromatic rings. The van der Waals surface area contributed by atoms with Gasteiger partial charge in [-0.3, -0.25) is 0 Å². The first-order valence-corrected chi connectivity index (χ1v) is 33.6. The second kappa shape index (κ2) is 15.8. The van der Waals surface area contributed by atoms with Crippen molar-refractivity contribution in [2.75, 3.05) is 9.80 Å². The van der Waals surface area contributed by atoms with Gasteiger partial charge in [0, 0.05) is 34.1 Å². The fourth-order valence-corrected chi connectivity index (χ4v) is 20.8. The maximum atomic E-state index is 2.56. The van der Waals surface area contributed by atoms with E-state index in [-0.39, 0.29) is 0 Å². The molecular weight excluding hydrogens is 973 g/mol. The summed E-state index contributed by atoms with van der Waals surface area (Å²) in [5.74, 6) is 0. The number of hydrogen-bond donors (Lipinski definition) is 0. The minimum absolute atomic E-state index is 1.16. The summed E-state index contributed by atoms with van der Waals surface area (Å²) in [7, 11) is -4.09. The van der Waals surface area contributed by atoms with Gasteiger partial charge in [-0.05, 0) is 178 Å². The van der Waals surface area contributed by atoms with E-state index in [0.29, 0.717) is 0 Å². The molecular formula is C74H52N2Si2. The van der Waals surface area contributed by atoms with Crippen molar-refractivity contribution in [3.05, 3.63) is 243 Å². The molecule has 366 valence electrons. The van der Waals surface area contributed by atoms with Crippen molar-refractivity contribution >= 4 is 157 Å². The van der Waals surface area contributed by atoms with Crippen LogP contribution >= 0.6 is 0 Å². The van der Waals surface area contributed by atoms with Crippen LogP contribution in [0.2, 0.25) is 26.2 Å². The van der Waals surface area contributed by atoms with E-state index in [2.05, 4.69) is 279 Å². The molecule has 4 heteroatoms. The maximum absolute atomic E-state index is 2.56. The first-order valence-electron chi connectivity index (χ1n) is 27.6. The van der Waals surface area contributed by atoms with E-state index in [9.17, 15) is 0 Å². The highest BCUT2D eigenvalue weighted by atomic mass is 28.3. The van der Waals surface area contributed by atoms with Gasteiger partial charge in [-0.15, -0.1) is 0 Å². The number of hydrogen-bond acceptors (Lipinski definition) is 2. The van der Waals surface area contributed by atoms with Crippen LogP contribution in [0.3, 0.4) is 0 Å². The van der Waals surface area contributed by atoms with Gasteiger partial charge in [0.05, 0.1) is 0 Å². The normalized spacial score (nSPS) is 14.6. The third-order valence-electron chi connectivity index (χ3n) is 18.5. The van der Waals surface area contributed by atoms with Crippen molar-refractivity contribution in [1.29, 1.82) is 0 Å². The highest BCUT2D eigenvalue weighted by Gasteiger charge is 2.40. The highest BCUT2D eigenvalue weighted by Crippen LogP contribution is 2.53. The predicted octanol–water partition coefficient (Wildman–Crippen LogP) is 18.3. The van der Waals surface area contributed by atoms with Crippen LogP contribution in [0, 0.1) is 0 Å². The average Bonchev–Trinajstić information content (AvgIpc) is 3.67. The lowest BCUT2D eigenvalue weighted by atomic mass is 9.81. The molecule has 0 radical (unpaired) electrons. The molecule has 0 saturated carbocycles. The lowest BCUT2D eigenvalue weighted by Gasteiger charge is -2.41. The van der Waals surface area contributed by atoms with Gasteiger partial charge in [-0.1, -0.05) is 220 Å². The van der Waals surface area contributed by atoms with Crippen molar-refractivity contribution in [3.8, 4) is 22.3 Å². The molecule has 0 amide bonds. The Morgan fingerprint density at radius 2 is 0.538 bits per heavy atom. The molecule has 0 spiro atoms. The van der Waals surface area contributed by atoms with E-state index in [0.717, 1.165) is 11.4 Å². The lowest BCUT2D eigenvalue weighted by Crippen LogP contribution is -2.58. The molecule has 0 aromatic heterocycles. The van der Waals surface area contributed by atoms with Gasteiger partial charge >= 0.3 is 0 Å². The first-order chi connectivity index (χ1) is 38.2. The maximum Gasteiger partial charge on any atom is 0.117 e. The number of fused-ring (bicyclic) bond motifs is 6. The van der Waals surface area contributed by atoms with Gasteiger partial charge in [0.15, 0.2) is 0 Å². The van der Waals surface area contributed by atoms with Crippen molar-refractivity contribution in [2.24, 2.45) is 0 Å². The fraction of sp³-hybridized carbons (Fsp3) is 0.0541. The molecule has 0 atom stereocenters. The Bertz CT molecular complexity index is 4620. The Balaban J connectivity index is 1.05. The van der Waals surface area contributed by atoms with E-state index in [1.807, 2.05) is 0 Å². The number of anilines is 6. The van der Waals surface area contributed by atoms with E-state index in [1.165, 1.54) is 152 Å². The average molecular weight is 1030 g/mol. The summed E-state index contributed by atoms with van der Waals surface area (Å²) in [6.45, 7) is 10.1. The summed E-state index contributed by atoms with van der Waals surface area (Å²) in [4.78, 5) is 5.13. The minimum atomic E-state index is -2.05. The molecule has 0 aliphatic carbocycles. The Morgan fingerprint density at radius 1 is 0.244 bits per heavy atom. The summed E-state index contributed by atoms with van der Waals surface area (Å²) in [6, 6.07) is 93.5. The number of benzene rings is 15. The second-order valence-electron chi connectivity index (χ2n) is 23.1. The third-order valence-corrected chi connectivity index (χ3v) is 25.5. The van der Waals surface area contributed by atoms with E-state index in [4.69, 9.17) is 0 Å². The van der Waals surface area contributed by atoms with Crippen LogP contribution in [-0.4, -0.2) is 16.1 Å². The van der Waals surface area contributed by atoms with Crippen LogP contribution in [0.4, 0.5) is 34.1 Å².